The predicted octanol–water partition coefficient (Wildman–Crippen LogP) is 4.28. The summed E-state index contributed by atoms with van der Waals surface area (Å²) in [6.45, 7) is -0.524. The van der Waals surface area contributed by atoms with Crippen LogP contribution in [0.2, 0.25) is 5.02 Å². The lowest BCUT2D eigenvalue weighted by Crippen LogP contribution is -2.10. The highest BCUT2D eigenvalue weighted by molar-refractivity contribution is 7.90. The van der Waals surface area contributed by atoms with E-state index in [2.05, 4.69) is 11.8 Å². The molecule has 32 heavy (non-hydrogen) atoms. The molecule has 0 saturated heterocycles. The van der Waals surface area contributed by atoms with Crippen LogP contribution in [0.3, 0.4) is 0 Å². The zero-order chi connectivity index (χ0) is 23.3. The predicted molar refractivity (Wildman–Crippen MR) is 122 cm³/mol. The Morgan fingerprint density at radius 2 is 1.84 bits per heavy atom. The van der Waals surface area contributed by atoms with Crippen molar-refractivity contribution in [1.29, 1.82) is 0 Å². The SMILES string of the molecule is COc1cccc(-c2ccc(C#Cc3cc(Cl)ccc3OCC(=O)O)cc2S(C)(=O)=O)c1. The van der Waals surface area contributed by atoms with E-state index >= 15 is 0 Å². The minimum atomic E-state index is -3.56. The third-order valence-corrected chi connectivity index (χ3v) is 5.77. The van der Waals surface area contributed by atoms with Crippen molar-refractivity contribution in [2.24, 2.45) is 0 Å². The van der Waals surface area contributed by atoms with Crippen molar-refractivity contribution in [1.82, 2.24) is 0 Å². The molecule has 0 aliphatic rings. The lowest BCUT2D eigenvalue weighted by Gasteiger charge is -2.10. The van der Waals surface area contributed by atoms with Crippen molar-refractivity contribution in [3.63, 3.8) is 0 Å². The van der Waals surface area contributed by atoms with Crippen molar-refractivity contribution in [2.45, 2.75) is 4.90 Å². The number of hydrogen-bond donors (Lipinski definition) is 1. The van der Waals surface area contributed by atoms with E-state index in [0.717, 1.165) is 6.26 Å². The largest absolute Gasteiger partial charge is 0.497 e. The third kappa shape index (κ3) is 5.82. The molecule has 8 heteroatoms. The molecule has 0 saturated carbocycles. The fourth-order valence-corrected chi connectivity index (χ4v) is 4.04. The Hall–Kier alpha value is -3.47. The van der Waals surface area contributed by atoms with E-state index in [-0.39, 0.29) is 10.6 Å². The summed E-state index contributed by atoms with van der Waals surface area (Å²) in [5, 5.41) is 9.24. The first kappa shape index (κ1) is 23.2. The highest BCUT2D eigenvalue weighted by Gasteiger charge is 2.16. The maximum Gasteiger partial charge on any atom is 0.341 e. The second kappa shape index (κ2) is 9.77. The molecule has 0 heterocycles. The van der Waals surface area contributed by atoms with Gasteiger partial charge in [-0.15, -0.1) is 0 Å². The van der Waals surface area contributed by atoms with Gasteiger partial charge in [-0.25, -0.2) is 13.2 Å². The summed E-state index contributed by atoms with van der Waals surface area (Å²) in [6, 6.07) is 16.7. The fourth-order valence-electron chi connectivity index (χ4n) is 2.94. The lowest BCUT2D eigenvalue weighted by atomic mass is 10.0. The molecule has 0 amide bonds. The molecule has 1 N–H and O–H groups in total. The van der Waals surface area contributed by atoms with Gasteiger partial charge >= 0.3 is 5.97 Å². The summed E-state index contributed by atoms with van der Waals surface area (Å²) in [5.41, 5.74) is 2.08. The van der Waals surface area contributed by atoms with Crippen LogP contribution < -0.4 is 9.47 Å². The smallest absolute Gasteiger partial charge is 0.341 e. The van der Waals surface area contributed by atoms with E-state index in [4.69, 9.17) is 26.2 Å². The number of ether oxygens (including phenoxy) is 2. The number of halogens is 1. The van der Waals surface area contributed by atoms with E-state index in [1.54, 1.807) is 55.6 Å². The van der Waals surface area contributed by atoms with Crippen LogP contribution in [0.1, 0.15) is 11.1 Å². The molecule has 3 rings (SSSR count). The van der Waals surface area contributed by atoms with Crippen LogP contribution in [-0.2, 0) is 14.6 Å². The molecule has 0 radical (unpaired) electrons. The summed E-state index contributed by atoms with van der Waals surface area (Å²) < 4.78 is 35.5. The van der Waals surface area contributed by atoms with Crippen molar-refractivity contribution >= 4 is 27.4 Å². The van der Waals surface area contributed by atoms with Crippen molar-refractivity contribution in [2.75, 3.05) is 20.0 Å². The Morgan fingerprint density at radius 1 is 1.06 bits per heavy atom. The minimum Gasteiger partial charge on any atom is -0.497 e. The molecule has 0 aromatic heterocycles. The average molecular weight is 471 g/mol. The number of carbonyl (C=O) groups is 1. The number of carboxylic acid groups (broad SMARTS) is 1. The van der Waals surface area contributed by atoms with E-state index in [1.807, 2.05) is 0 Å². The van der Waals surface area contributed by atoms with Gasteiger partial charge in [0.15, 0.2) is 16.4 Å². The topological polar surface area (TPSA) is 89.9 Å². The second-order valence-corrected chi connectivity index (χ2v) is 9.21. The summed E-state index contributed by atoms with van der Waals surface area (Å²) in [7, 11) is -2.02. The summed E-state index contributed by atoms with van der Waals surface area (Å²) in [4.78, 5) is 10.9. The first-order valence-electron chi connectivity index (χ1n) is 9.32. The van der Waals surface area contributed by atoms with Crippen LogP contribution in [0.25, 0.3) is 11.1 Å². The number of carboxylic acids is 1. The van der Waals surface area contributed by atoms with Gasteiger partial charge in [-0.2, -0.15) is 0 Å². The molecule has 0 aliphatic carbocycles. The van der Waals surface area contributed by atoms with Crippen LogP contribution in [-0.4, -0.2) is 39.5 Å². The van der Waals surface area contributed by atoms with Crippen LogP contribution in [0.5, 0.6) is 11.5 Å². The highest BCUT2D eigenvalue weighted by Crippen LogP contribution is 2.31. The number of aliphatic carboxylic acids is 1. The molecule has 0 aliphatic heterocycles. The zero-order valence-corrected chi connectivity index (χ0v) is 18.8. The Labute approximate surface area is 191 Å². The summed E-state index contributed by atoms with van der Waals surface area (Å²) in [6.07, 6.45) is 1.14. The number of rotatable bonds is 6. The molecule has 6 nitrogen and oxygen atoms in total. The Morgan fingerprint density at radius 3 is 2.53 bits per heavy atom. The summed E-state index contributed by atoms with van der Waals surface area (Å²) >= 11 is 6.03. The van der Waals surface area contributed by atoms with Crippen molar-refractivity contribution in [3.05, 3.63) is 76.8 Å². The third-order valence-electron chi connectivity index (χ3n) is 4.40. The average Bonchev–Trinajstić information content (AvgIpc) is 2.76. The van der Waals surface area contributed by atoms with Gasteiger partial charge in [-0.1, -0.05) is 41.6 Å². The van der Waals surface area contributed by atoms with Gasteiger partial charge in [0, 0.05) is 22.4 Å². The van der Waals surface area contributed by atoms with Crippen LogP contribution >= 0.6 is 11.6 Å². The molecule has 0 unspecified atom stereocenters. The quantitative estimate of drug-likeness (QED) is 0.541. The van der Waals surface area contributed by atoms with Crippen LogP contribution in [0, 0.1) is 11.8 Å². The maximum atomic E-state index is 12.5. The molecular formula is C24H19ClO6S. The first-order chi connectivity index (χ1) is 15.2. The van der Waals surface area contributed by atoms with Crippen LogP contribution in [0.15, 0.2) is 65.6 Å². The number of hydrogen-bond acceptors (Lipinski definition) is 5. The molecule has 0 atom stereocenters. The molecule has 0 spiro atoms. The standard InChI is InChI=1S/C24H19ClO6S/c1-30-20-5-3-4-17(14-20)21-10-7-16(12-23(21)32(2,28)29)6-8-18-13-19(25)9-11-22(18)31-15-24(26)27/h3-5,7,9-14H,15H2,1-2H3,(H,26,27). The number of benzene rings is 3. The number of methoxy groups -OCH3 is 1. The van der Waals surface area contributed by atoms with Crippen molar-refractivity contribution in [3.8, 4) is 34.5 Å². The van der Waals surface area contributed by atoms with Gasteiger partial charge in [0.2, 0.25) is 0 Å². The van der Waals surface area contributed by atoms with Crippen molar-refractivity contribution < 1.29 is 27.8 Å². The fraction of sp³-hybridized carbons (Fsp3) is 0.125. The van der Waals surface area contributed by atoms with E-state index in [0.29, 0.717) is 33.0 Å². The molecule has 0 bridgehead atoms. The van der Waals surface area contributed by atoms with E-state index < -0.39 is 22.4 Å². The monoisotopic (exact) mass is 470 g/mol. The van der Waals surface area contributed by atoms with Gasteiger partial charge in [0.05, 0.1) is 17.6 Å². The second-order valence-electron chi connectivity index (χ2n) is 6.79. The lowest BCUT2D eigenvalue weighted by molar-refractivity contribution is -0.139. The van der Waals surface area contributed by atoms with Gasteiger partial charge in [-0.05, 0) is 48.0 Å². The van der Waals surface area contributed by atoms with Crippen LogP contribution in [0.4, 0.5) is 0 Å². The normalized spacial score (nSPS) is 10.7. The molecule has 3 aromatic carbocycles. The molecule has 164 valence electrons. The van der Waals surface area contributed by atoms with E-state index in [1.165, 1.54) is 12.1 Å². The minimum absolute atomic E-state index is 0.131. The first-order valence-corrected chi connectivity index (χ1v) is 11.6. The molecule has 3 aromatic rings. The number of sulfone groups is 1. The maximum absolute atomic E-state index is 12.5. The Balaban J connectivity index is 2.05. The van der Waals surface area contributed by atoms with Gasteiger partial charge in [0.25, 0.3) is 0 Å². The summed E-state index contributed by atoms with van der Waals surface area (Å²) in [5.74, 6) is 5.54. The molecular weight excluding hydrogens is 452 g/mol. The Bertz CT molecular complexity index is 1340. The van der Waals surface area contributed by atoms with Gasteiger partial charge < -0.3 is 14.6 Å². The van der Waals surface area contributed by atoms with Gasteiger partial charge in [-0.3, -0.25) is 0 Å². The van der Waals surface area contributed by atoms with E-state index in [9.17, 15) is 13.2 Å². The zero-order valence-electron chi connectivity index (χ0n) is 17.3. The van der Waals surface area contributed by atoms with Gasteiger partial charge in [0.1, 0.15) is 11.5 Å². The highest BCUT2D eigenvalue weighted by atomic mass is 35.5. The molecule has 0 fully saturated rings. The Kier molecular flexibility index (Phi) is 7.08.